The van der Waals surface area contributed by atoms with Crippen LogP contribution in [0.5, 0.6) is 0 Å². The van der Waals surface area contributed by atoms with E-state index in [0.29, 0.717) is 6.54 Å². The summed E-state index contributed by atoms with van der Waals surface area (Å²) in [6, 6.07) is 17.0. The van der Waals surface area contributed by atoms with Crippen LogP contribution in [0.15, 0.2) is 58.3 Å². The van der Waals surface area contributed by atoms with Gasteiger partial charge in [0, 0.05) is 22.9 Å². The minimum Gasteiger partial charge on any atom is -0.453 e. The number of methoxy groups -OCH3 is 1. The van der Waals surface area contributed by atoms with Crippen LogP contribution in [0.3, 0.4) is 0 Å². The molecule has 0 bridgehead atoms. The molecule has 0 unspecified atom stereocenters. The highest BCUT2D eigenvalue weighted by molar-refractivity contribution is 7.99. The van der Waals surface area contributed by atoms with E-state index in [0.717, 1.165) is 19.4 Å². The summed E-state index contributed by atoms with van der Waals surface area (Å²) >= 11 is 1.82. The molecule has 0 fully saturated rings. The topological polar surface area (TPSA) is 41.6 Å². The number of nitrogens with zero attached hydrogens (tertiary/aromatic N) is 1. The van der Waals surface area contributed by atoms with Gasteiger partial charge in [-0.05, 0) is 37.1 Å². The van der Waals surface area contributed by atoms with Crippen molar-refractivity contribution in [2.75, 3.05) is 25.1 Å². The van der Waals surface area contributed by atoms with Crippen LogP contribution in [0.25, 0.3) is 0 Å². The Kier molecular flexibility index (Phi) is 5.08. The Morgan fingerprint density at radius 1 is 1.04 bits per heavy atom. The molecule has 0 atom stereocenters. The second-order valence-electron chi connectivity index (χ2n) is 5.31. The van der Waals surface area contributed by atoms with Crippen LogP contribution in [-0.4, -0.2) is 26.3 Å². The lowest BCUT2D eigenvalue weighted by Crippen LogP contribution is -2.26. The first-order chi connectivity index (χ1) is 11.3. The number of hydrogen-bond acceptors (Lipinski definition) is 4. The van der Waals surface area contributed by atoms with Gasteiger partial charge in [0.25, 0.3) is 0 Å². The summed E-state index contributed by atoms with van der Waals surface area (Å²) in [6.45, 7) is 1.57. The fourth-order valence-corrected chi connectivity index (χ4v) is 3.78. The Morgan fingerprint density at radius 2 is 1.65 bits per heavy atom. The Bertz CT molecular complexity index is 645. The lowest BCUT2D eigenvalue weighted by Gasteiger charge is -2.32. The van der Waals surface area contributed by atoms with Gasteiger partial charge in [-0.1, -0.05) is 36.0 Å². The third-order valence-electron chi connectivity index (χ3n) is 3.80. The minimum absolute atomic E-state index is 0.366. The summed E-state index contributed by atoms with van der Waals surface area (Å²) in [5.41, 5.74) is 2.52. The number of para-hydroxylation sites is 2. The molecule has 4 nitrogen and oxygen atoms in total. The number of carbonyl (C=O) groups is 1. The smallest absolute Gasteiger partial charge is 0.406 e. The fraction of sp³-hybridized carbons (Fsp3) is 0.278. The Labute approximate surface area is 140 Å². The van der Waals surface area contributed by atoms with E-state index in [-0.39, 0.29) is 6.09 Å². The minimum atomic E-state index is -0.366. The van der Waals surface area contributed by atoms with Crippen LogP contribution in [0.4, 0.5) is 16.2 Å². The van der Waals surface area contributed by atoms with E-state index >= 15 is 0 Å². The highest BCUT2D eigenvalue weighted by Gasteiger charge is 2.22. The summed E-state index contributed by atoms with van der Waals surface area (Å²) in [7, 11) is 1.38. The van der Waals surface area contributed by atoms with Gasteiger partial charge in [-0.3, -0.25) is 0 Å². The number of ether oxygens (including phenoxy) is 1. The Hall–Kier alpha value is -2.14. The van der Waals surface area contributed by atoms with Crippen LogP contribution in [0.2, 0.25) is 0 Å². The van der Waals surface area contributed by atoms with Crippen molar-refractivity contribution in [2.24, 2.45) is 0 Å². The molecule has 1 aliphatic heterocycles. The molecule has 1 heterocycles. The highest BCUT2D eigenvalue weighted by Crippen LogP contribution is 2.47. The van der Waals surface area contributed by atoms with Crippen molar-refractivity contribution >= 4 is 29.2 Å². The van der Waals surface area contributed by atoms with Crippen LogP contribution in [0.1, 0.15) is 12.8 Å². The zero-order valence-corrected chi connectivity index (χ0v) is 13.9. The van der Waals surface area contributed by atoms with Crippen molar-refractivity contribution in [2.45, 2.75) is 22.6 Å². The molecule has 2 aromatic carbocycles. The van der Waals surface area contributed by atoms with Crippen molar-refractivity contribution in [1.29, 1.82) is 0 Å². The molecule has 0 saturated carbocycles. The molecular formula is C18H20N2O2S. The maximum absolute atomic E-state index is 11.1. The van der Waals surface area contributed by atoms with Gasteiger partial charge in [0.2, 0.25) is 0 Å². The number of anilines is 2. The molecule has 0 spiro atoms. The molecule has 120 valence electrons. The number of rotatable bonds is 5. The first-order valence-corrected chi connectivity index (χ1v) is 8.56. The lowest BCUT2D eigenvalue weighted by molar-refractivity contribution is 0.171. The predicted molar refractivity (Wildman–Crippen MR) is 93.7 cm³/mol. The van der Waals surface area contributed by atoms with E-state index in [9.17, 15) is 4.79 Å². The summed E-state index contributed by atoms with van der Waals surface area (Å²) in [5.74, 6) is 0. The number of benzene rings is 2. The average Bonchev–Trinajstić information content (AvgIpc) is 2.60. The molecule has 0 radical (unpaired) electrons. The third-order valence-corrected chi connectivity index (χ3v) is 4.93. The van der Waals surface area contributed by atoms with Gasteiger partial charge in [0.05, 0.1) is 18.5 Å². The van der Waals surface area contributed by atoms with Crippen LogP contribution < -0.4 is 10.2 Å². The van der Waals surface area contributed by atoms with Crippen LogP contribution in [-0.2, 0) is 4.74 Å². The maximum atomic E-state index is 11.1. The predicted octanol–water partition coefficient (Wildman–Crippen LogP) is 4.43. The van der Waals surface area contributed by atoms with Crippen LogP contribution >= 0.6 is 11.8 Å². The molecule has 2 aromatic rings. The summed E-state index contributed by atoms with van der Waals surface area (Å²) < 4.78 is 4.58. The highest BCUT2D eigenvalue weighted by atomic mass is 32.2. The fourth-order valence-electron chi connectivity index (χ4n) is 2.68. The van der Waals surface area contributed by atoms with E-state index in [1.54, 1.807) is 0 Å². The molecule has 0 saturated heterocycles. The van der Waals surface area contributed by atoms with Crippen molar-refractivity contribution in [1.82, 2.24) is 5.32 Å². The monoisotopic (exact) mass is 328 g/mol. The SMILES string of the molecule is COC(=O)NCCCCN1c2ccccc2Sc2ccccc21. The van der Waals surface area contributed by atoms with Gasteiger partial charge in [-0.2, -0.15) is 0 Å². The van der Waals surface area contributed by atoms with E-state index in [2.05, 4.69) is 63.5 Å². The van der Waals surface area contributed by atoms with Crippen molar-refractivity contribution in [3.05, 3.63) is 48.5 Å². The molecule has 23 heavy (non-hydrogen) atoms. The molecule has 0 aromatic heterocycles. The van der Waals surface area contributed by atoms with Crippen molar-refractivity contribution < 1.29 is 9.53 Å². The quantitative estimate of drug-likeness (QED) is 0.825. The Balaban J connectivity index is 1.68. The molecule has 1 aliphatic rings. The van der Waals surface area contributed by atoms with Crippen molar-refractivity contribution in [3.8, 4) is 0 Å². The van der Waals surface area contributed by atoms with Gasteiger partial charge in [0.15, 0.2) is 0 Å². The second kappa shape index (κ2) is 7.42. The summed E-state index contributed by atoms with van der Waals surface area (Å²) in [6.07, 6.45) is 1.55. The summed E-state index contributed by atoms with van der Waals surface area (Å²) in [4.78, 5) is 16.0. The van der Waals surface area contributed by atoms with Gasteiger partial charge in [0.1, 0.15) is 0 Å². The van der Waals surface area contributed by atoms with Gasteiger partial charge >= 0.3 is 6.09 Å². The third kappa shape index (κ3) is 3.62. The number of alkyl carbamates (subject to hydrolysis) is 1. The summed E-state index contributed by atoms with van der Waals surface area (Å²) in [5, 5.41) is 2.72. The number of unbranched alkanes of at least 4 members (excludes halogenated alkanes) is 1. The average molecular weight is 328 g/mol. The van der Waals surface area contributed by atoms with Gasteiger partial charge < -0.3 is 15.0 Å². The first-order valence-electron chi connectivity index (χ1n) is 7.75. The number of carbonyl (C=O) groups excluding carboxylic acids is 1. The first kappa shape index (κ1) is 15.7. The van der Waals surface area contributed by atoms with Gasteiger partial charge in [-0.15, -0.1) is 0 Å². The van der Waals surface area contributed by atoms with E-state index < -0.39 is 0 Å². The number of nitrogens with one attached hydrogen (secondary N) is 1. The second-order valence-corrected chi connectivity index (χ2v) is 6.40. The van der Waals surface area contributed by atoms with E-state index in [1.807, 2.05) is 11.8 Å². The Morgan fingerprint density at radius 3 is 2.26 bits per heavy atom. The maximum Gasteiger partial charge on any atom is 0.406 e. The molecule has 1 N–H and O–H groups in total. The molecule has 0 aliphatic carbocycles. The zero-order chi connectivity index (χ0) is 16.1. The molecule has 5 heteroatoms. The van der Waals surface area contributed by atoms with E-state index in [4.69, 9.17) is 0 Å². The van der Waals surface area contributed by atoms with Gasteiger partial charge in [-0.25, -0.2) is 4.79 Å². The van der Waals surface area contributed by atoms with E-state index in [1.165, 1.54) is 28.3 Å². The molecule has 1 amide bonds. The lowest BCUT2D eigenvalue weighted by atomic mass is 10.2. The normalized spacial score (nSPS) is 12.3. The molecule has 3 rings (SSSR count). The molecular weight excluding hydrogens is 308 g/mol. The largest absolute Gasteiger partial charge is 0.453 e. The number of amides is 1. The van der Waals surface area contributed by atoms with Crippen molar-refractivity contribution in [3.63, 3.8) is 0 Å². The number of fused-ring (bicyclic) bond motifs is 2. The standard InChI is InChI=1S/C18H20N2O2S/c1-22-18(21)19-12-6-7-13-20-14-8-2-4-10-16(14)23-17-11-5-3-9-15(17)20/h2-5,8-11H,6-7,12-13H2,1H3,(H,19,21). The number of hydrogen-bond donors (Lipinski definition) is 1. The zero-order valence-electron chi connectivity index (χ0n) is 13.1. The van der Waals surface area contributed by atoms with Crippen LogP contribution in [0, 0.1) is 0 Å².